The minimum Gasteiger partial charge on any atom is -0.545 e. The fourth-order valence-electron chi connectivity index (χ4n) is 1.65. The zero-order chi connectivity index (χ0) is 16.3. The molecule has 0 aliphatic carbocycles. The van der Waals surface area contributed by atoms with Crippen LogP contribution in [-0.4, -0.2) is 16.9 Å². The molecular weight excluding hydrogens is 297 g/mol. The van der Waals surface area contributed by atoms with Gasteiger partial charge in [0, 0.05) is 6.07 Å². The normalized spacial score (nSPS) is 10.0. The van der Waals surface area contributed by atoms with Crippen LogP contribution >= 0.6 is 0 Å². The summed E-state index contributed by atoms with van der Waals surface area (Å²) >= 11 is 0. The molecule has 0 N–H and O–H groups in total. The first kappa shape index (κ1) is 15.1. The molecule has 2 aromatic rings. The van der Waals surface area contributed by atoms with Crippen molar-refractivity contribution < 1.29 is 28.7 Å². The minimum atomic E-state index is -1.77. The quantitative estimate of drug-likeness (QED) is 0.364. The second-order valence-corrected chi connectivity index (χ2v) is 4.12. The van der Waals surface area contributed by atoms with E-state index < -0.39 is 33.9 Å². The number of ether oxygens (including phenoxy) is 1. The SMILES string of the molecule is O=C(Oc1ccc([N+](=O)[O-])c(C(=O)[O-])c1)c1ccc(F)cc1. The summed E-state index contributed by atoms with van der Waals surface area (Å²) in [7, 11) is 0. The third-order valence-electron chi connectivity index (χ3n) is 2.68. The molecule has 0 aromatic heterocycles. The van der Waals surface area contributed by atoms with E-state index in [1.807, 2.05) is 0 Å². The predicted octanol–water partition coefficient (Wildman–Crippen LogP) is 1.32. The molecule has 0 heterocycles. The number of esters is 1. The fraction of sp³-hybridized carbons (Fsp3) is 0. The summed E-state index contributed by atoms with van der Waals surface area (Å²) < 4.78 is 17.6. The van der Waals surface area contributed by atoms with Gasteiger partial charge in [0.15, 0.2) is 0 Å². The van der Waals surface area contributed by atoms with E-state index in [1.165, 1.54) is 12.1 Å². The summed E-state index contributed by atoms with van der Waals surface area (Å²) in [5.41, 5.74) is -1.36. The molecule has 0 saturated carbocycles. The van der Waals surface area contributed by atoms with E-state index >= 15 is 0 Å². The number of aromatic carboxylic acids is 1. The maximum atomic E-state index is 12.8. The molecule has 112 valence electrons. The maximum Gasteiger partial charge on any atom is 0.343 e. The summed E-state index contributed by atoms with van der Waals surface area (Å²) in [5.74, 6) is -3.38. The molecule has 0 atom stereocenters. The average molecular weight is 304 g/mol. The van der Waals surface area contributed by atoms with E-state index in [-0.39, 0.29) is 11.3 Å². The first-order chi connectivity index (χ1) is 10.4. The zero-order valence-electron chi connectivity index (χ0n) is 10.8. The highest BCUT2D eigenvalue weighted by Crippen LogP contribution is 2.24. The number of hydrogen-bond acceptors (Lipinski definition) is 6. The van der Waals surface area contributed by atoms with Crippen molar-refractivity contribution in [3.63, 3.8) is 0 Å². The third kappa shape index (κ3) is 3.23. The number of nitrogens with zero attached hydrogens (tertiary/aromatic N) is 1. The molecule has 0 fully saturated rings. The van der Waals surface area contributed by atoms with Gasteiger partial charge in [0.1, 0.15) is 11.6 Å². The Kier molecular flexibility index (Phi) is 4.12. The van der Waals surface area contributed by atoms with E-state index in [4.69, 9.17) is 4.74 Å². The molecule has 0 unspecified atom stereocenters. The molecule has 7 nitrogen and oxygen atoms in total. The molecular formula is C14H7FNO6-. The molecule has 0 bridgehead atoms. The number of carbonyl (C=O) groups is 2. The number of rotatable bonds is 4. The van der Waals surface area contributed by atoms with Gasteiger partial charge < -0.3 is 14.6 Å². The second kappa shape index (κ2) is 6.00. The summed E-state index contributed by atoms with van der Waals surface area (Å²) in [6.07, 6.45) is 0. The van der Waals surface area contributed by atoms with Gasteiger partial charge >= 0.3 is 5.97 Å². The van der Waals surface area contributed by atoms with Gasteiger partial charge in [0.25, 0.3) is 5.69 Å². The standard InChI is InChI=1S/C14H8FNO6/c15-9-3-1-8(2-4-9)14(19)22-10-5-6-12(16(20)21)11(7-10)13(17)18/h1-7H,(H,17,18)/p-1. The van der Waals surface area contributed by atoms with Crippen LogP contribution in [0.3, 0.4) is 0 Å². The Labute approximate surface area is 122 Å². The number of benzene rings is 2. The monoisotopic (exact) mass is 304 g/mol. The van der Waals surface area contributed by atoms with Crippen LogP contribution < -0.4 is 9.84 Å². The molecule has 0 aliphatic rings. The average Bonchev–Trinajstić information content (AvgIpc) is 2.47. The van der Waals surface area contributed by atoms with E-state index in [0.717, 1.165) is 30.3 Å². The van der Waals surface area contributed by atoms with Crippen molar-refractivity contribution in [2.24, 2.45) is 0 Å². The first-order valence-corrected chi connectivity index (χ1v) is 5.86. The van der Waals surface area contributed by atoms with Crippen molar-refractivity contribution in [3.8, 4) is 5.75 Å². The molecule has 0 amide bonds. The van der Waals surface area contributed by atoms with Crippen LogP contribution in [0, 0.1) is 15.9 Å². The van der Waals surface area contributed by atoms with Crippen LogP contribution in [0.1, 0.15) is 20.7 Å². The predicted molar refractivity (Wildman–Crippen MR) is 68.8 cm³/mol. The van der Waals surface area contributed by atoms with Gasteiger partial charge in [-0.05, 0) is 36.4 Å². The molecule has 2 aromatic carbocycles. The third-order valence-corrected chi connectivity index (χ3v) is 2.68. The van der Waals surface area contributed by atoms with Gasteiger partial charge in [0.2, 0.25) is 0 Å². The van der Waals surface area contributed by atoms with Gasteiger partial charge in [-0.25, -0.2) is 9.18 Å². The Morgan fingerprint density at radius 1 is 1.09 bits per heavy atom. The lowest BCUT2D eigenvalue weighted by atomic mass is 10.1. The van der Waals surface area contributed by atoms with Crippen molar-refractivity contribution in [2.75, 3.05) is 0 Å². The van der Waals surface area contributed by atoms with Crippen LogP contribution in [0.5, 0.6) is 5.75 Å². The number of nitro groups is 1. The lowest BCUT2D eigenvalue weighted by Crippen LogP contribution is -2.23. The van der Waals surface area contributed by atoms with Crippen molar-refractivity contribution >= 4 is 17.6 Å². The van der Waals surface area contributed by atoms with E-state index in [2.05, 4.69) is 0 Å². The van der Waals surface area contributed by atoms with E-state index in [1.54, 1.807) is 0 Å². The van der Waals surface area contributed by atoms with Gasteiger partial charge in [-0.3, -0.25) is 10.1 Å². The smallest absolute Gasteiger partial charge is 0.343 e. The van der Waals surface area contributed by atoms with Gasteiger partial charge in [-0.1, -0.05) is 0 Å². The van der Waals surface area contributed by atoms with Crippen molar-refractivity contribution in [1.29, 1.82) is 0 Å². The Morgan fingerprint density at radius 3 is 2.27 bits per heavy atom. The van der Waals surface area contributed by atoms with Crippen molar-refractivity contribution in [3.05, 3.63) is 69.5 Å². The molecule has 2 rings (SSSR count). The molecule has 0 aliphatic heterocycles. The number of carboxylic acid groups (broad SMARTS) is 1. The van der Waals surface area contributed by atoms with Crippen LogP contribution in [-0.2, 0) is 0 Å². The number of nitro benzene ring substituents is 1. The Morgan fingerprint density at radius 2 is 1.73 bits per heavy atom. The molecule has 22 heavy (non-hydrogen) atoms. The number of carbonyl (C=O) groups excluding carboxylic acids is 2. The summed E-state index contributed by atoms with van der Waals surface area (Å²) in [5, 5.41) is 21.6. The summed E-state index contributed by atoms with van der Waals surface area (Å²) in [4.78, 5) is 32.4. The largest absolute Gasteiger partial charge is 0.545 e. The summed E-state index contributed by atoms with van der Waals surface area (Å²) in [6.45, 7) is 0. The fourth-order valence-corrected chi connectivity index (χ4v) is 1.65. The van der Waals surface area contributed by atoms with Crippen molar-refractivity contribution in [2.45, 2.75) is 0 Å². The topological polar surface area (TPSA) is 110 Å². The van der Waals surface area contributed by atoms with Crippen LogP contribution in [0.2, 0.25) is 0 Å². The lowest BCUT2D eigenvalue weighted by Gasteiger charge is -2.08. The number of hydrogen-bond donors (Lipinski definition) is 0. The maximum absolute atomic E-state index is 12.8. The van der Waals surface area contributed by atoms with Crippen LogP contribution in [0.4, 0.5) is 10.1 Å². The van der Waals surface area contributed by atoms with E-state index in [9.17, 15) is 29.2 Å². The molecule has 0 spiro atoms. The zero-order valence-corrected chi connectivity index (χ0v) is 10.8. The Balaban J connectivity index is 2.28. The Bertz CT molecular complexity index is 756. The van der Waals surface area contributed by atoms with Crippen LogP contribution in [0.15, 0.2) is 42.5 Å². The summed E-state index contributed by atoms with van der Waals surface area (Å²) in [6, 6.07) is 7.25. The number of halogens is 1. The minimum absolute atomic E-state index is 0.0368. The molecule has 0 saturated heterocycles. The van der Waals surface area contributed by atoms with Gasteiger partial charge in [-0.2, -0.15) is 0 Å². The highest BCUT2D eigenvalue weighted by atomic mass is 19.1. The van der Waals surface area contributed by atoms with Crippen molar-refractivity contribution in [1.82, 2.24) is 0 Å². The Hall–Kier alpha value is -3.29. The molecule has 8 heteroatoms. The molecule has 0 radical (unpaired) electrons. The lowest BCUT2D eigenvalue weighted by molar-refractivity contribution is -0.385. The second-order valence-electron chi connectivity index (χ2n) is 4.12. The highest BCUT2D eigenvalue weighted by Gasteiger charge is 2.17. The van der Waals surface area contributed by atoms with Gasteiger partial charge in [0.05, 0.1) is 22.0 Å². The first-order valence-electron chi connectivity index (χ1n) is 5.86. The van der Waals surface area contributed by atoms with Gasteiger partial charge in [-0.15, -0.1) is 0 Å². The highest BCUT2D eigenvalue weighted by molar-refractivity contribution is 5.93. The number of carboxylic acids is 1. The van der Waals surface area contributed by atoms with Crippen LogP contribution in [0.25, 0.3) is 0 Å². The van der Waals surface area contributed by atoms with E-state index in [0.29, 0.717) is 0 Å².